The highest BCUT2D eigenvalue weighted by Gasteiger charge is 2.15. The average molecular weight is 374 g/mol. The maximum atomic E-state index is 4.48. The summed E-state index contributed by atoms with van der Waals surface area (Å²) in [5.41, 5.74) is 3.77. The van der Waals surface area contributed by atoms with Crippen molar-refractivity contribution in [2.24, 2.45) is 4.99 Å². The molecule has 0 aliphatic heterocycles. The van der Waals surface area contributed by atoms with E-state index in [1.54, 1.807) is 18.4 Å². The highest BCUT2D eigenvalue weighted by molar-refractivity contribution is 7.11. The molecule has 0 bridgehead atoms. The summed E-state index contributed by atoms with van der Waals surface area (Å²) in [5.74, 6) is 0.812. The van der Waals surface area contributed by atoms with Crippen LogP contribution >= 0.6 is 11.3 Å². The third-order valence-corrected chi connectivity index (χ3v) is 5.57. The standard InChI is InChI=1S/C20H31N5S/c1-7-16-8-10-17(11-9-16)18(25(5)6)12-22-20(21-4)23-13-19-14(2)24-15(3)26-19/h8-11,18H,7,12-13H2,1-6H3,(H2,21,22,23). The van der Waals surface area contributed by atoms with E-state index >= 15 is 0 Å². The Morgan fingerprint density at radius 1 is 1.19 bits per heavy atom. The predicted molar refractivity (Wildman–Crippen MR) is 112 cm³/mol. The summed E-state index contributed by atoms with van der Waals surface area (Å²) in [7, 11) is 6.03. The Bertz CT molecular complexity index is 718. The average Bonchev–Trinajstić information content (AvgIpc) is 2.95. The third-order valence-electron chi connectivity index (χ3n) is 4.50. The number of aromatic nitrogens is 1. The molecule has 0 aliphatic rings. The van der Waals surface area contributed by atoms with Crippen molar-refractivity contribution in [3.63, 3.8) is 0 Å². The highest BCUT2D eigenvalue weighted by atomic mass is 32.1. The van der Waals surface area contributed by atoms with Crippen LogP contribution in [0.3, 0.4) is 0 Å². The Morgan fingerprint density at radius 2 is 1.88 bits per heavy atom. The van der Waals surface area contributed by atoms with Gasteiger partial charge >= 0.3 is 0 Å². The van der Waals surface area contributed by atoms with Gasteiger partial charge in [-0.05, 0) is 45.5 Å². The van der Waals surface area contributed by atoms with Crippen LogP contribution in [0.2, 0.25) is 0 Å². The van der Waals surface area contributed by atoms with Gasteiger partial charge in [0.15, 0.2) is 5.96 Å². The van der Waals surface area contributed by atoms with Crippen LogP contribution in [-0.2, 0) is 13.0 Å². The number of likely N-dealkylation sites (N-methyl/N-ethyl adjacent to an activating group) is 1. The summed E-state index contributed by atoms with van der Waals surface area (Å²) in [6.45, 7) is 7.81. The Kier molecular flexibility index (Phi) is 7.60. The number of nitrogens with zero attached hydrogens (tertiary/aromatic N) is 3. The van der Waals surface area contributed by atoms with Crippen LogP contribution in [0, 0.1) is 13.8 Å². The van der Waals surface area contributed by atoms with E-state index in [-0.39, 0.29) is 6.04 Å². The van der Waals surface area contributed by atoms with Gasteiger partial charge in [0, 0.05) is 18.5 Å². The first-order chi connectivity index (χ1) is 12.4. The Balaban J connectivity index is 1.96. The van der Waals surface area contributed by atoms with E-state index in [1.165, 1.54) is 16.0 Å². The van der Waals surface area contributed by atoms with Crippen molar-refractivity contribution in [3.8, 4) is 0 Å². The van der Waals surface area contributed by atoms with Crippen molar-refractivity contribution in [2.75, 3.05) is 27.7 Å². The smallest absolute Gasteiger partial charge is 0.191 e. The Hall–Kier alpha value is -1.92. The van der Waals surface area contributed by atoms with Crippen LogP contribution < -0.4 is 10.6 Å². The summed E-state index contributed by atoms with van der Waals surface area (Å²) in [6.07, 6.45) is 1.07. The van der Waals surface area contributed by atoms with Crippen LogP contribution in [0.25, 0.3) is 0 Å². The number of guanidine groups is 1. The van der Waals surface area contributed by atoms with Gasteiger partial charge in [0.25, 0.3) is 0 Å². The molecule has 2 N–H and O–H groups in total. The molecule has 0 saturated heterocycles. The fourth-order valence-corrected chi connectivity index (χ4v) is 3.77. The number of aryl methyl sites for hydroxylation is 3. The third kappa shape index (κ3) is 5.54. The molecule has 1 atom stereocenters. The molecule has 0 amide bonds. The van der Waals surface area contributed by atoms with Crippen molar-refractivity contribution in [2.45, 2.75) is 39.8 Å². The van der Waals surface area contributed by atoms with Gasteiger partial charge in [0.1, 0.15) is 0 Å². The lowest BCUT2D eigenvalue weighted by atomic mass is 10.0. The molecule has 0 aliphatic carbocycles. The predicted octanol–water partition coefficient (Wildman–Crippen LogP) is 3.29. The maximum absolute atomic E-state index is 4.48. The summed E-state index contributed by atoms with van der Waals surface area (Å²) in [6, 6.07) is 9.17. The lowest BCUT2D eigenvalue weighted by molar-refractivity contribution is 0.298. The zero-order valence-electron chi connectivity index (χ0n) is 16.8. The molecule has 0 saturated carbocycles. The van der Waals surface area contributed by atoms with Crippen molar-refractivity contribution in [1.82, 2.24) is 20.5 Å². The largest absolute Gasteiger partial charge is 0.354 e. The normalized spacial score (nSPS) is 13.1. The van der Waals surface area contributed by atoms with Gasteiger partial charge in [-0.15, -0.1) is 11.3 Å². The molecule has 1 unspecified atom stereocenters. The summed E-state index contributed by atoms with van der Waals surface area (Å²) in [5, 5.41) is 7.95. The second-order valence-electron chi connectivity index (χ2n) is 6.62. The van der Waals surface area contributed by atoms with E-state index in [0.717, 1.165) is 36.2 Å². The molecule has 142 valence electrons. The van der Waals surface area contributed by atoms with Gasteiger partial charge in [-0.2, -0.15) is 0 Å². The molecule has 2 rings (SSSR count). The van der Waals surface area contributed by atoms with Gasteiger partial charge in [0.2, 0.25) is 0 Å². The fourth-order valence-electron chi connectivity index (χ4n) is 2.89. The number of benzene rings is 1. The van der Waals surface area contributed by atoms with Crippen LogP contribution in [0.15, 0.2) is 29.3 Å². The maximum Gasteiger partial charge on any atom is 0.191 e. The first kappa shape index (κ1) is 20.4. The molecular formula is C20H31N5S. The molecule has 26 heavy (non-hydrogen) atoms. The minimum Gasteiger partial charge on any atom is -0.354 e. The Labute approximate surface area is 161 Å². The van der Waals surface area contributed by atoms with Crippen molar-refractivity contribution >= 4 is 17.3 Å². The molecule has 1 aromatic heterocycles. The van der Waals surface area contributed by atoms with Gasteiger partial charge in [0.05, 0.1) is 23.3 Å². The fraction of sp³-hybridized carbons (Fsp3) is 0.500. The molecule has 0 fully saturated rings. The van der Waals surface area contributed by atoms with Gasteiger partial charge in [-0.1, -0.05) is 31.2 Å². The van der Waals surface area contributed by atoms with E-state index in [0.29, 0.717) is 0 Å². The number of thiazole rings is 1. The SMILES string of the molecule is CCc1ccc(C(CNC(=NC)NCc2sc(C)nc2C)N(C)C)cc1. The monoisotopic (exact) mass is 373 g/mol. The summed E-state index contributed by atoms with van der Waals surface area (Å²) >= 11 is 1.73. The van der Waals surface area contributed by atoms with Crippen molar-refractivity contribution in [1.29, 1.82) is 0 Å². The molecule has 2 aromatic rings. The molecule has 0 spiro atoms. The lowest BCUT2D eigenvalue weighted by Gasteiger charge is -2.26. The van der Waals surface area contributed by atoms with Crippen LogP contribution in [-0.4, -0.2) is 43.5 Å². The minimum atomic E-state index is 0.284. The zero-order valence-corrected chi connectivity index (χ0v) is 17.6. The second kappa shape index (κ2) is 9.69. The molecule has 6 heteroatoms. The van der Waals surface area contributed by atoms with Crippen LogP contribution in [0.5, 0.6) is 0 Å². The highest BCUT2D eigenvalue weighted by Crippen LogP contribution is 2.19. The van der Waals surface area contributed by atoms with E-state index in [4.69, 9.17) is 0 Å². The quantitative estimate of drug-likeness (QED) is 0.578. The number of hydrogen-bond donors (Lipinski definition) is 2. The van der Waals surface area contributed by atoms with Crippen LogP contribution in [0.1, 0.15) is 39.7 Å². The van der Waals surface area contributed by atoms with Gasteiger partial charge in [-0.25, -0.2) is 4.98 Å². The second-order valence-corrected chi connectivity index (χ2v) is 7.91. The zero-order chi connectivity index (χ0) is 19.1. The molecule has 1 aromatic carbocycles. The molecule has 5 nitrogen and oxygen atoms in total. The first-order valence-electron chi connectivity index (χ1n) is 9.07. The molecular weight excluding hydrogens is 342 g/mol. The van der Waals surface area contributed by atoms with Gasteiger partial charge < -0.3 is 15.5 Å². The lowest BCUT2D eigenvalue weighted by Crippen LogP contribution is -2.41. The van der Waals surface area contributed by atoms with E-state index in [9.17, 15) is 0 Å². The summed E-state index contributed by atoms with van der Waals surface area (Å²) in [4.78, 5) is 12.3. The number of rotatable bonds is 7. The van der Waals surface area contributed by atoms with Crippen LogP contribution in [0.4, 0.5) is 0 Å². The van der Waals surface area contributed by atoms with Gasteiger partial charge in [-0.3, -0.25) is 4.99 Å². The van der Waals surface area contributed by atoms with E-state index < -0.39 is 0 Å². The number of nitrogens with one attached hydrogen (secondary N) is 2. The van der Waals surface area contributed by atoms with E-state index in [2.05, 4.69) is 77.7 Å². The van der Waals surface area contributed by atoms with Crippen molar-refractivity contribution < 1.29 is 0 Å². The molecule has 1 heterocycles. The Morgan fingerprint density at radius 3 is 2.38 bits per heavy atom. The van der Waals surface area contributed by atoms with E-state index in [1.807, 2.05) is 6.92 Å². The first-order valence-corrected chi connectivity index (χ1v) is 9.89. The number of aliphatic imine (C=N–C) groups is 1. The summed E-state index contributed by atoms with van der Waals surface area (Å²) < 4.78 is 0. The number of hydrogen-bond acceptors (Lipinski definition) is 4. The molecule has 0 radical (unpaired) electrons. The topological polar surface area (TPSA) is 52.6 Å². The minimum absolute atomic E-state index is 0.284. The van der Waals surface area contributed by atoms with Crippen molar-refractivity contribution in [3.05, 3.63) is 51.0 Å².